The van der Waals surface area contributed by atoms with E-state index in [4.69, 9.17) is 27.9 Å². The number of esters is 1. The maximum Gasteiger partial charge on any atom is 0.341 e. The van der Waals surface area contributed by atoms with Crippen molar-refractivity contribution < 1.29 is 22.7 Å². The Morgan fingerprint density at radius 2 is 1.63 bits per heavy atom. The summed E-state index contributed by atoms with van der Waals surface area (Å²) in [5, 5.41) is 2.76. The molecule has 0 aromatic heterocycles. The maximum absolute atomic E-state index is 12.8. The summed E-state index contributed by atoms with van der Waals surface area (Å²) in [6.45, 7) is 0.391. The average molecular weight is 471 g/mol. The third kappa shape index (κ3) is 5.31. The van der Waals surface area contributed by atoms with Gasteiger partial charge in [0.15, 0.2) is 6.61 Å². The van der Waals surface area contributed by atoms with Crippen molar-refractivity contribution in [2.75, 3.05) is 25.0 Å². The number of halogens is 2. The first-order valence-electron chi connectivity index (χ1n) is 9.30. The highest BCUT2D eigenvalue weighted by Crippen LogP contribution is 2.25. The number of carbonyl (C=O) groups excluding carboxylic acids is 2. The first-order valence-corrected chi connectivity index (χ1v) is 11.5. The van der Waals surface area contributed by atoms with E-state index in [9.17, 15) is 18.0 Å². The smallest absolute Gasteiger partial charge is 0.341 e. The predicted octanol–water partition coefficient (Wildman–Crippen LogP) is 3.96. The molecule has 0 unspecified atom stereocenters. The van der Waals surface area contributed by atoms with Crippen LogP contribution in [0.3, 0.4) is 0 Å². The van der Waals surface area contributed by atoms with Gasteiger partial charge in [-0.3, -0.25) is 4.79 Å². The van der Waals surface area contributed by atoms with E-state index in [0.29, 0.717) is 13.1 Å². The minimum atomic E-state index is -3.62. The van der Waals surface area contributed by atoms with Gasteiger partial charge in [0.05, 0.1) is 20.5 Å². The van der Waals surface area contributed by atoms with Gasteiger partial charge in [-0.05, 0) is 43.2 Å². The molecule has 30 heavy (non-hydrogen) atoms. The summed E-state index contributed by atoms with van der Waals surface area (Å²) in [5.41, 5.74) is 0.258. The van der Waals surface area contributed by atoms with Gasteiger partial charge in [0.25, 0.3) is 5.91 Å². The van der Waals surface area contributed by atoms with Crippen LogP contribution in [0.2, 0.25) is 10.0 Å². The molecule has 2 aromatic carbocycles. The molecule has 2 aromatic rings. The van der Waals surface area contributed by atoms with E-state index in [0.717, 1.165) is 19.3 Å². The second kappa shape index (κ2) is 9.78. The molecule has 0 atom stereocenters. The van der Waals surface area contributed by atoms with Gasteiger partial charge in [-0.25, -0.2) is 13.2 Å². The molecule has 1 saturated heterocycles. The van der Waals surface area contributed by atoms with Gasteiger partial charge >= 0.3 is 5.97 Å². The van der Waals surface area contributed by atoms with Gasteiger partial charge in [0.2, 0.25) is 10.0 Å². The molecule has 1 fully saturated rings. The quantitative estimate of drug-likeness (QED) is 0.644. The summed E-state index contributed by atoms with van der Waals surface area (Å²) in [4.78, 5) is 24.4. The van der Waals surface area contributed by atoms with Gasteiger partial charge in [-0.1, -0.05) is 41.8 Å². The van der Waals surface area contributed by atoms with E-state index in [2.05, 4.69) is 5.32 Å². The Labute approximate surface area is 185 Å². The fraction of sp³-hybridized carbons (Fsp3) is 0.300. The number of anilines is 1. The Kier molecular flexibility index (Phi) is 7.36. The summed E-state index contributed by atoms with van der Waals surface area (Å²) in [6, 6.07) is 10.5. The van der Waals surface area contributed by atoms with Crippen LogP contribution in [0, 0.1) is 0 Å². The normalized spacial score (nSPS) is 14.9. The summed E-state index contributed by atoms with van der Waals surface area (Å²) in [5.74, 6) is -1.46. The van der Waals surface area contributed by atoms with Gasteiger partial charge < -0.3 is 10.1 Å². The van der Waals surface area contributed by atoms with Gasteiger partial charge in [-0.2, -0.15) is 4.31 Å². The molecule has 0 spiro atoms. The number of piperidine rings is 1. The molecular formula is C20H20Cl2N2O5S. The van der Waals surface area contributed by atoms with Gasteiger partial charge in [0, 0.05) is 18.8 Å². The zero-order valence-corrected chi connectivity index (χ0v) is 18.3. The molecule has 0 aliphatic carbocycles. The van der Waals surface area contributed by atoms with E-state index in [1.807, 2.05) is 0 Å². The monoisotopic (exact) mass is 470 g/mol. The molecule has 10 heteroatoms. The molecule has 1 aliphatic rings. The number of benzene rings is 2. The van der Waals surface area contributed by atoms with Crippen molar-refractivity contribution in [3.63, 3.8) is 0 Å². The highest BCUT2D eigenvalue weighted by atomic mass is 35.5. The molecule has 1 heterocycles. The largest absolute Gasteiger partial charge is 0.452 e. The molecule has 0 radical (unpaired) electrons. The molecule has 3 rings (SSSR count). The van der Waals surface area contributed by atoms with E-state index in [1.54, 1.807) is 18.2 Å². The number of nitrogens with zero attached hydrogens (tertiary/aromatic N) is 1. The number of carbonyl (C=O) groups is 2. The molecule has 1 amide bonds. The van der Waals surface area contributed by atoms with Gasteiger partial charge in [-0.15, -0.1) is 0 Å². The van der Waals surface area contributed by atoms with Crippen LogP contribution in [0.25, 0.3) is 0 Å². The molecular weight excluding hydrogens is 451 g/mol. The SMILES string of the molecule is O=C(COC(=O)c1c(Cl)cccc1Cl)Nc1cccc(S(=O)(=O)N2CCCCC2)c1. The number of ether oxygens (including phenoxy) is 1. The Hall–Kier alpha value is -2.13. The summed E-state index contributed by atoms with van der Waals surface area (Å²) in [7, 11) is -3.62. The Bertz CT molecular complexity index is 1030. The van der Waals surface area contributed by atoms with E-state index < -0.39 is 28.5 Å². The molecule has 0 saturated carbocycles. The maximum atomic E-state index is 12.8. The summed E-state index contributed by atoms with van der Waals surface area (Å²) >= 11 is 11.9. The lowest BCUT2D eigenvalue weighted by Gasteiger charge is -2.26. The first-order chi connectivity index (χ1) is 14.3. The lowest BCUT2D eigenvalue weighted by molar-refractivity contribution is -0.119. The third-order valence-electron chi connectivity index (χ3n) is 4.57. The van der Waals surface area contributed by atoms with Crippen molar-refractivity contribution in [2.24, 2.45) is 0 Å². The zero-order chi connectivity index (χ0) is 21.7. The first kappa shape index (κ1) is 22.6. The van der Waals surface area contributed by atoms with Gasteiger partial charge in [0.1, 0.15) is 0 Å². The second-order valence-electron chi connectivity index (χ2n) is 6.71. The predicted molar refractivity (Wildman–Crippen MR) is 114 cm³/mol. The standard InChI is InChI=1S/C20H20Cl2N2O5S/c21-16-8-5-9-17(22)19(16)20(26)29-13-18(25)23-14-6-4-7-15(12-14)30(27,28)24-10-2-1-3-11-24/h4-9,12H,1-3,10-11,13H2,(H,23,25). The number of hydrogen-bond donors (Lipinski definition) is 1. The Morgan fingerprint density at radius 3 is 2.30 bits per heavy atom. The minimum Gasteiger partial charge on any atom is -0.452 e. The van der Waals surface area contributed by atoms with Crippen LogP contribution in [0.1, 0.15) is 29.6 Å². The van der Waals surface area contributed by atoms with Crippen LogP contribution in [0.5, 0.6) is 0 Å². The van der Waals surface area contributed by atoms with Crippen molar-refractivity contribution in [1.82, 2.24) is 4.31 Å². The Morgan fingerprint density at radius 1 is 1.00 bits per heavy atom. The fourth-order valence-electron chi connectivity index (χ4n) is 3.08. The minimum absolute atomic E-state index is 0.0248. The van der Waals surface area contributed by atoms with Crippen molar-refractivity contribution in [1.29, 1.82) is 0 Å². The molecule has 1 aliphatic heterocycles. The lowest BCUT2D eigenvalue weighted by Crippen LogP contribution is -2.35. The topological polar surface area (TPSA) is 92.8 Å². The molecule has 1 N–H and O–H groups in total. The van der Waals surface area contributed by atoms with Crippen molar-refractivity contribution in [3.8, 4) is 0 Å². The highest BCUT2D eigenvalue weighted by Gasteiger charge is 2.26. The van der Waals surface area contributed by atoms with Crippen LogP contribution in [-0.4, -0.2) is 44.3 Å². The number of amides is 1. The highest BCUT2D eigenvalue weighted by molar-refractivity contribution is 7.89. The lowest BCUT2D eigenvalue weighted by atomic mass is 10.2. The average Bonchev–Trinajstić information content (AvgIpc) is 2.73. The van der Waals surface area contributed by atoms with E-state index in [-0.39, 0.29) is 26.2 Å². The van der Waals surface area contributed by atoms with Crippen LogP contribution in [0.4, 0.5) is 5.69 Å². The van der Waals surface area contributed by atoms with Crippen LogP contribution in [0.15, 0.2) is 47.4 Å². The van der Waals surface area contributed by atoms with E-state index in [1.165, 1.54) is 28.6 Å². The van der Waals surface area contributed by atoms with Crippen LogP contribution < -0.4 is 5.32 Å². The number of nitrogens with one attached hydrogen (secondary N) is 1. The fourth-order valence-corrected chi connectivity index (χ4v) is 5.20. The Balaban J connectivity index is 1.63. The number of hydrogen-bond acceptors (Lipinski definition) is 5. The summed E-state index contributed by atoms with van der Waals surface area (Å²) in [6.07, 6.45) is 2.67. The molecule has 7 nitrogen and oxygen atoms in total. The third-order valence-corrected chi connectivity index (χ3v) is 7.10. The van der Waals surface area contributed by atoms with Crippen LogP contribution in [-0.2, 0) is 19.6 Å². The summed E-state index contributed by atoms with van der Waals surface area (Å²) < 4.78 is 32.0. The van der Waals surface area contributed by atoms with Crippen molar-refractivity contribution >= 4 is 50.8 Å². The van der Waals surface area contributed by atoms with Crippen molar-refractivity contribution in [3.05, 3.63) is 58.1 Å². The van der Waals surface area contributed by atoms with Crippen LogP contribution >= 0.6 is 23.2 Å². The molecule has 0 bridgehead atoms. The van der Waals surface area contributed by atoms with Crippen molar-refractivity contribution in [2.45, 2.75) is 24.2 Å². The van der Waals surface area contributed by atoms with E-state index >= 15 is 0 Å². The second-order valence-corrected chi connectivity index (χ2v) is 9.47. The molecule has 160 valence electrons. The number of sulfonamides is 1. The zero-order valence-electron chi connectivity index (χ0n) is 15.9. The number of rotatable bonds is 6.